The molecule has 1 aromatic heterocycles. The summed E-state index contributed by atoms with van der Waals surface area (Å²) < 4.78 is 0.924. The normalized spacial score (nSPS) is 10.3. The summed E-state index contributed by atoms with van der Waals surface area (Å²) in [4.78, 5) is 26.6. The fourth-order valence-electron chi connectivity index (χ4n) is 1.42. The molecule has 0 bridgehead atoms. The number of ketones is 1. The lowest BCUT2D eigenvalue weighted by Gasteiger charge is -1.95. The van der Waals surface area contributed by atoms with Crippen LogP contribution in [0.25, 0.3) is 10.6 Å². The van der Waals surface area contributed by atoms with E-state index < -0.39 is 5.97 Å². The number of benzene rings is 1. The smallest absolute Gasteiger partial charge is 0.356 e. The molecule has 0 saturated heterocycles. The predicted molar refractivity (Wildman–Crippen MR) is 72.2 cm³/mol. The van der Waals surface area contributed by atoms with Gasteiger partial charge in [-0.25, -0.2) is 9.78 Å². The molecule has 0 radical (unpaired) electrons. The topological polar surface area (TPSA) is 67.3 Å². The Kier molecular flexibility index (Phi) is 3.58. The van der Waals surface area contributed by atoms with E-state index in [0.717, 1.165) is 21.4 Å². The number of carbonyl (C=O) groups excluding carboxylic acids is 1. The second-order valence-corrected chi connectivity index (χ2v) is 5.48. The third kappa shape index (κ3) is 2.49. The third-order valence-corrected chi connectivity index (χ3v) is 3.97. The van der Waals surface area contributed by atoms with Crippen LogP contribution in [-0.4, -0.2) is 21.8 Å². The van der Waals surface area contributed by atoms with Crippen LogP contribution in [0.4, 0.5) is 0 Å². The first-order valence-electron chi connectivity index (χ1n) is 5.00. The van der Waals surface area contributed by atoms with Crippen molar-refractivity contribution in [3.8, 4) is 10.6 Å². The summed E-state index contributed by atoms with van der Waals surface area (Å²) in [5.41, 5.74) is 0.614. The molecule has 0 aliphatic rings. The van der Waals surface area contributed by atoms with Crippen molar-refractivity contribution in [2.75, 3.05) is 0 Å². The van der Waals surface area contributed by atoms with Crippen LogP contribution in [0.5, 0.6) is 0 Å². The third-order valence-electron chi connectivity index (χ3n) is 2.24. The first-order valence-corrected chi connectivity index (χ1v) is 6.61. The van der Waals surface area contributed by atoms with Crippen molar-refractivity contribution in [2.45, 2.75) is 6.92 Å². The first kappa shape index (κ1) is 12.9. The first-order chi connectivity index (χ1) is 8.49. The Labute approximate surface area is 115 Å². The fraction of sp³-hybridized carbons (Fsp3) is 0.0833. The van der Waals surface area contributed by atoms with Gasteiger partial charge in [0.1, 0.15) is 9.88 Å². The Hall–Kier alpha value is -1.53. The van der Waals surface area contributed by atoms with E-state index in [2.05, 4.69) is 20.9 Å². The number of carbonyl (C=O) groups is 2. The quantitative estimate of drug-likeness (QED) is 0.877. The second-order valence-electron chi connectivity index (χ2n) is 3.56. The molecule has 0 unspecified atom stereocenters. The molecule has 2 rings (SSSR count). The molecule has 1 N–H and O–H groups in total. The molecule has 0 atom stereocenters. The highest BCUT2D eigenvalue weighted by Gasteiger charge is 2.20. The molecular weight excluding hydrogens is 318 g/mol. The zero-order valence-electron chi connectivity index (χ0n) is 9.31. The maximum absolute atomic E-state index is 11.4. The number of Topliss-reactive ketones (excluding diaryl/α,β-unsaturated/α-hetero) is 1. The average molecular weight is 326 g/mol. The second kappa shape index (κ2) is 4.99. The molecule has 4 nitrogen and oxygen atoms in total. The van der Waals surface area contributed by atoms with Crippen LogP contribution in [0.2, 0.25) is 0 Å². The molecule has 1 aromatic carbocycles. The van der Waals surface area contributed by atoms with E-state index in [4.69, 9.17) is 5.11 Å². The van der Waals surface area contributed by atoms with Gasteiger partial charge in [-0.05, 0) is 12.1 Å². The van der Waals surface area contributed by atoms with E-state index in [1.54, 1.807) is 0 Å². The summed E-state index contributed by atoms with van der Waals surface area (Å²) in [6.45, 7) is 1.34. The van der Waals surface area contributed by atoms with Crippen LogP contribution in [0, 0.1) is 0 Å². The number of thiazole rings is 1. The summed E-state index contributed by atoms with van der Waals surface area (Å²) in [7, 11) is 0. The molecule has 6 heteroatoms. The summed E-state index contributed by atoms with van der Waals surface area (Å²) >= 11 is 4.42. The zero-order chi connectivity index (χ0) is 13.3. The van der Waals surface area contributed by atoms with Crippen molar-refractivity contribution in [1.82, 2.24) is 4.98 Å². The monoisotopic (exact) mass is 325 g/mol. The predicted octanol–water partition coefficient (Wildman–Crippen LogP) is 3.47. The Bertz CT molecular complexity index is 587. The van der Waals surface area contributed by atoms with Crippen molar-refractivity contribution >= 4 is 39.0 Å². The molecule has 0 aliphatic heterocycles. The number of nitrogens with zero attached hydrogens (tertiary/aromatic N) is 1. The van der Waals surface area contributed by atoms with Gasteiger partial charge in [-0.3, -0.25) is 4.79 Å². The highest BCUT2D eigenvalue weighted by atomic mass is 79.9. The van der Waals surface area contributed by atoms with Gasteiger partial charge in [0.05, 0.1) is 0 Å². The minimum absolute atomic E-state index is 0.176. The number of aromatic nitrogens is 1. The van der Waals surface area contributed by atoms with Crippen LogP contribution in [0.1, 0.15) is 27.1 Å². The van der Waals surface area contributed by atoms with E-state index in [0.29, 0.717) is 5.01 Å². The van der Waals surface area contributed by atoms with E-state index in [1.807, 2.05) is 24.3 Å². The largest absolute Gasteiger partial charge is 0.476 e. The van der Waals surface area contributed by atoms with Gasteiger partial charge >= 0.3 is 5.97 Å². The molecule has 2 aromatic rings. The highest BCUT2D eigenvalue weighted by molar-refractivity contribution is 9.10. The number of carboxylic acids is 1. The van der Waals surface area contributed by atoms with Gasteiger partial charge in [0, 0.05) is 17.0 Å². The van der Waals surface area contributed by atoms with E-state index >= 15 is 0 Å². The van der Waals surface area contributed by atoms with Crippen molar-refractivity contribution in [3.05, 3.63) is 39.3 Å². The van der Waals surface area contributed by atoms with Gasteiger partial charge < -0.3 is 5.11 Å². The molecule has 0 aliphatic carbocycles. The van der Waals surface area contributed by atoms with Crippen molar-refractivity contribution < 1.29 is 14.7 Å². The molecule has 92 valence electrons. The number of carboxylic acid groups (broad SMARTS) is 1. The standard InChI is InChI=1S/C12H8BrNO3S/c1-6(15)10-9(12(16)17)14-11(18-10)7-2-4-8(13)5-3-7/h2-5H,1H3,(H,16,17). The summed E-state index contributed by atoms with van der Waals surface area (Å²) in [6.07, 6.45) is 0. The minimum Gasteiger partial charge on any atom is -0.476 e. The molecule has 1 heterocycles. The van der Waals surface area contributed by atoms with E-state index in [1.165, 1.54) is 6.92 Å². The summed E-state index contributed by atoms with van der Waals surface area (Å²) in [6, 6.07) is 7.31. The fourth-order valence-corrected chi connectivity index (χ4v) is 2.64. The average Bonchev–Trinajstić information content (AvgIpc) is 2.75. The number of hydrogen-bond acceptors (Lipinski definition) is 4. The van der Waals surface area contributed by atoms with Crippen LogP contribution in [0.15, 0.2) is 28.7 Å². The van der Waals surface area contributed by atoms with Gasteiger partial charge in [0.25, 0.3) is 0 Å². The van der Waals surface area contributed by atoms with Gasteiger partial charge in [0.2, 0.25) is 0 Å². The molecule has 0 spiro atoms. The molecule has 18 heavy (non-hydrogen) atoms. The van der Waals surface area contributed by atoms with Crippen LogP contribution >= 0.6 is 27.3 Å². The summed E-state index contributed by atoms with van der Waals surface area (Å²) in [5, 5.41) is 9.54. The Morgan fingerprint density at radius 1 is 1.28 bits per heavy atom. The SMILES string of the molecule is CC(=O)c1sc(-c2ccc(Br)cc2)nc1C(=O)O. The van der Waals surface area contributed by atoms with Gasteiger partial charge in [0.15, 0.2) is 11.5 Å². The van der Waals surface area contributed by atoms with Crippen molar-refractivity contribution in [1.29, 1.82) is 0 Å². The minimum atomic E-state index is -1.18. The van der Waals surface area contributed by atoms with Crippen molar-refractivity contribution in [3.63, 3.8) is 0 Å². The Balaban J connectivity index is 2.53. The number of hydrogen-bond donors (Lipinski definition) is 1. The van der Waals surface area contributed by atoms with E-state index in [-0.39, 0.29) is 16.4 Å². The van der Waals surface area contributed by atoms with Crippen LogP contribution in [0.3, 0.4) is 0 Å². The van der Waals surface area contributed by atoms with Gasteiger partial charge in [-0.1, -0.05) is 28.1 Å². The maximum Gasteiger partial charge on any atom is 0.356 e. The Morgan fingerprint density at radius 3 is 2.33 bits per heavy atom. The number of halogens is 1. The van der Waals surface area contributed by atoms with Crippen LogP contribution < -0.4 is 0 Å². The Morgan fingerprint density at radius 2 is 1.89 bits per heavy atom. The highest BCUT2D eigenvalue weighted by Crippen LogP contribution is 2.29. The van der Waals surface area contributed by atoms with E-state index in [9.17, 15) is 9.59 Å². The number of rotatable bonds is 3. The molecule has 0 saturated carbocycles. The lowest BCUT2D eigenvalue weighted by molar-refractivity contribution is 0.0687. The number of aromatic carboxylic acids is 1. The lowest BCUT2D eigenvalue weighted by atomic mass is 10.2. The molecule has 0 amide bonds. The van der Waals surface area contributed by atoms with Gasteiger partial charge in [-0.2, -0.15) is 0 Å². The molecular formula is C12H8BrNO3S. The van der Waals surface area contributed by atoms with Crippen LogP contribution in [-0.2, 0) is 0 Å². The summed E-state index contributed by atoms with van der Waals surface area (Å²) in [5.74, 6) is -1.46. The maximum atomic E-state index is 11.4. The van der Waals surface area contributed by atoms with Gasteiger partial charge in [-0.15, -0.1) is 11.3 Å². The van der Waals surface area contributed by atoms with Crippen molar-refractivity contribution in [2.24, 2.45) is 0 Å². The zero-order valence-corrected chi connectivity index (χ0v) is 11.7. The lowest BCUT2D eigenvalue weighted by Crippen LogP contribution is -2.03. The molecule has 0 fully saturated rings.